The Bertz CT molecular complexity index is 774. The van der Waals surface area contributed by atoms with E-state index in [-0.39, 0.29) is 32.3 Å². The lowest BCUT2D eigenvalue weighted by molar-refractivity contribution is -0.174. The molecule has 0 amide bonds. The molecule has 0 aliphatic carbocycles. The lowest BCUT2D eigenvalue weighted by Crippen LogP contribution is -2.31. The van der Waals surface area contributed by atoms with Crippen LogP contribution in [0.5, 0.6) is 0 Å². The van der Waals surface area contributed by atoms with Crippen LogP contribution in [0.4, 0.5) is 0 Å². The Labute approximate surface area is 314 Å². The van der Waals surface area contributed by atoms with Crippen LogP contribution < -0.4 is 5.73 Å². The molecule has 9 nitrogen and oxygen atoms in total. The Morgan fingerprint density at radius 2 is 0.941 bits per heavy atom. The summed E-state index contributed by atoms with van der Waals surface area (Å²) in [6, 6.07) is 0. The van der Waals surface area contributed by atoms with Crippen molar-refractivity contribution >= 4 is 13.8 Å². The fourth-order valence-corrected chi connectivity index (χ4v) is 7.15. The Balaban J connectivity index is 4.10. The molecule has 0 radical (unpaired) electrons. The first-order valence-corrected chi connectivity index (χ1v) is 23.1. The maximum absolute atomic E-state index is 12.4. The summed E-state index contributed by atoms with van der Waals surface area (Å²) in [4.78, 5) is 22.3. The predicted octanol–water partition coefficient (Wildman–Crippen LogP) is 11.8. The second kappa shape index (κ2) is 39.2. The van der Waals surface area contributed by atoms with Gasteiger partial charge in [0.15, 0.2) is 6.29 Å². The van der Waals surface area contributed by atoms with Crippen LogP contribution in [0.15, 0.2) is 0 Å². The third-order valence-electron chi connectivity index (χ3n) is 9.61. The summed E-state index contributed by atoms with van der Waals surface area (Å²) >= 11 is 0. The molecular weight excluding hydrogens is 665 g/mol. The number of hydrogen-bond acceptors (Lipinski definition) is 8. The predicted molar refractivity (Wildman–Crippen MR) is 212 cm³/mol. The summed E-state index contributed by atoms with van der Waals surface area (Å²) < 4.78 is 33.1. The Morgan fingerprint density at radius 3 is 1.33 bits per heavy atom. The maximum atomic E-state index is 12.4. The van der Waals surface area contributed by atoms with E-state index >= 15 is 0 Å². The van der Waals surface area contributed by atoms with Gasteiger partial charge in [0.05, 0.1) is 13.2 Å². The molecule has 0 aliphatic heterocycles. The number of aliphatic hydroxyl groups is 1. The highest BCUT2D eigenvalue weighted by atomic mass is 31.2. The number of phosphoric ester groups is 1. The SMILES string of the molecule is CCCCCCCCCCCCCCCCCC(=O)OC[C@H](COP(=O)(O)OCCN)OC(O)CCCCCCCCCCCCCCCCC. The molecule has 0 fully saturated rings. The zero-order chi connectivity index (χ0) is 37.5. The third kappa shape index (κ3) is 39.0. The maximum Gasteiger partial charge on any atom is 0.472 e. The molecule has 0 saturated heterocycles. The molecule has 51 heavy (non-hydrogen) atoms. The topological polar surface area (TPSA) is 138 Å². The number of hydrogen-bond donors (Lipinski definition) is 3. The summed E-state index contributed by atoms with van der Waals surface area (Å²) in [5.74, 6) is -0.346. The van der Waals surface area contributed by atoms with Crippen molar-refractivity contribution in [2.24, 2.45) is 5.73 Å². The Kier molecular flexibility index (Phi) is 38.7. The molecule has 306 valence electrons. The van der Waals surface area contributed by atoms with E-state index in [1.54, 1.807) is 0 Å². The van der Waals surface area contributed by atoms with Crippen LogP contribution >= 0.6 is 7.82 Å². The van der Waals surface area contributed by atoms with Crippen LogP contribution in [0.3, 0.4) is 0 Å². The van der Waals surface area contributed by atoms with Crippen LogP contribution in [0.25, 0.3) is 0 Å². The second-order valence-electron chi connectivity index (χ2n) is 14.7. The number of phosphoric acid groups is 1. The van der Waals surface area contributed by atoms with Gasteiger partial charge >= 0.3 is 13.8 Å². The number of unbranched alkanes of at least 4 members (excludes halogenated alkanes) is 28. The van der Waals surface area contributed by atoms with Crippen molar-refractivity contribution in [3.8, 4) is 0 Å². The van der Waals surface area contributed by atoms with Gasteiger partial charge in [-0.15, -0.1) is 0 Å². The lowest BCUT2D eigenvalue weighted by atomic mass is 10.0. The number of ether oxygens (including phenoxy) is 2. The van der Waals surface area contributed by atoms with Gasteiger partial charge in [-0.2, -0.15) is 0 Å². The summed E-state index contributed by atoms with van der Waals surface area (Å²) in [6.45, 7) is 3.93. The highest BCUT2D eigenvalue weighted by Gasteiger charge is 2.25. The largest absolute Gasteiger partial charge is 0.472 e. The number of esters is 1. The summed E-state index contributed by atoms with van der Waals surface area (Å²) in [6.07, 6.45) is 36.6. The minimum atomic E-state index is -4.34. The van der Waals surface area contributed by atoms with E-state index in [0.29, 0.717) is 12.8 Å². The van der Waals surface area contributed by atoms with E-state index < -0.39 is 20.2 Å². The monoisotopic (exact) mass is 750 g/mol. The van der Waals surface area contributed by atoms with Crippen LogP contribution in [-0.4, -0.2) is 54.7 Å². The molecule has 0 heterocycles. The second-order valence-corrected chi connectivity index (χ2v) is 16.2. The molecule has 0 spiro atoms. The van der Waals surface area contributed by atoms with Gasteiger partial charge in [-0.05, 0) is 19.3 Å². The highest BCUT2D eigenvalue weighted by Crippen LogP contribution is 2.43. The molecule has 3 atom stereocenters. The Hall–Kier alpha value is -0.540. The lowest BCUT2D eigenvalue weighted by Gasteiger charge is -2.22. The molecule has 2 unspecified atom stereocenters. The average molecular weight is 750 g/mol. The molecule has 0 aromatic carbocycles. The van der Waals surface area contributed by atoms with Crippen LogP contribution in [-0.2, 0) is 27.9 Å². The van der Waals surface area contributed by atoms with Crippen molar-refractivity contribution in [2.45, 2.75) is 232 Å². The first-order valence-electron chi connectivity index (χ1n) is 21.7. The van der Waals surface area contributed by atoms with Gasteiger partial charge in [-0.1, -0.05) is 194 Å². The summed E-state index contributed by atoms with van der Waals surface area (Å²) in [7, 11) is -4.34. The number of nitrogens with two attached hydrogens (primary N) is 1. The zero-order valence-electron chi connectivity index (χ0n) is 33.5. The highest BCUT2D eigenvalue weighted by molar-refractivity contribution is 7.47. The first-order chi connectivity index (χ1) is 24.8. The molecule has 0 aromatic rings. The molecule has 4 N–H and O–H groups in total. The minimum Gasteiger partial charge on any atom is -0.463 e. The zero-order valence-corrected chi connectivity index (χ0v) is 34.4. The van der Waals surface area contributed by atoms with E-state index in [2.05, 4.69) is 13.8 Å². The van der Waals surface area contributed by atoms with E-state index in [1.807, 2.05) is 0 Å². The summed E-state index contributed by atoms with van der Waals surface area (Å²) in [5.41, 5.74) is 5.36. The number of carbonyl (C=O) groups excluding carboxylic acids is 1. The first kappa shape index (κ1) is 50.5. The molecule has 10 heteroatoms. The van der Waals surface area contributed by atoms with Crippen LogP contribution in [0.2, 0.25) is 0 Å². The van der Waals surface area contributed by atoms with Crippen molar-refractivity contribution < 1.29 is 37.9 Å². The van der Waals surface area contributed by atoms with Gasteiger partial charge in [-0.25, -0.2) is 4.57 Å². The van der Waals surface area contributed by atoms with Gasteiger partial charge in [0.1, 0.15) is 12.7 Å². The minimum absolute atomic E-state index is 0.0722. The van der Waals surface area contributed by atoms with Crippen molar-refractivity contribution in [1.82, 2.24) is 0 Å². The molecular formula is C41H84NO8P. The van der Waals surface area contributed by atoms with E-state index in [0.717, 1.165) is 38.5 Å². The van der Waals surface area contributed by atoms with Crippen molar-refractivity contribution in [3.05, 3.63) is 0 Å². The number of carbonyl (C=O) groups is 1. The standard InChI is InChI=1S/C41H84NO8P/c1-3-5-7-9-11-13-15-17-19-21-23-25-27-29-31-33-40(43)47-37-39(38-49-51(45,46)48-36-35-42)50-41(44)34-32-30-28-26-24-22-20-18-16-14-12-10-8-6-4-2/h39,41,44H,3-38,42H2,1-2H3,(H,45,46)/t39-,41?/m1/s1. The van der Waals surface area contributed by atoms with Crippen molar-refractivity contribution in [2.75, 3.05) is 26.4 Å². The Morgan fingerprint density at radius 1 is 0.569 bits per heavy atom. The smallest absolute Gasteiger partial charge is 0.463 e. The van der Waals surface area contributed by atoms with Gasteiger partial charge in [0.25, 0.3) is 0 Å². The van der Waals surface area contributed by atoms with Gasteiger partial charge in [0.2, 0.25) is 0 Å². The molecule has 0 bridgehead atoms. The van der Waals surface area contributed by atoms with Crippen LogP contribution in [0.1, 0.15) is 219 Å². The van der Waals surface area contributed by atoms with Crippen molar-refractivity contribution in [1.29, 1.82) is 0 Å². The third-order valence-corrected chi connectivity index (χ3v) is 10.6. The fourth-order valence-electron chi connectivity index (χ4n) is 6.39. The van der Waals surface area contributed by atoms with Crippen molar-refractivity contribution in [3.63, 3.8) is 0 Å². The van der Waals surface area contributed by atoms with E-state index in [4.69, 9.17) is 24.3 Å². The fraction of sp³-hybridized carbons (Fsp3) is 0.976. The quantitative estimate of drug-likeness (QED) is 0.0241. The van der Waals surface area contributed by atoms with Gasteiger partial charge in [-0.3, -0.25) is 13.8 Å². The average Bonchev–Trinajstić information content (AvgIpc) is 3.11. The summed E-state index contributed by atoms with van der Waals surface area (Å²) in [5, 5.41) is 10.5. The molecule has 0 aliphatic rings. The number of rotatable bonds is 42. The van der Waals surface area contributed by atoms with E-state index in [9.17, 15) is 19.4 Å². The van der Waals surface area contributed by atoms with Gasteiger partial charge < -0.3 is 25.2 Å². The number of aliphatic hydroxyl groups excluding tert-OH is 1. The van der Waals surface area contributed by atoms with Crippen LogP contribution in [0, 0.1) is 0 Å². The molecule has 0 aromatic heterocycles. The molecule has 0 saturated carbocycles. The van der Waals surface area contributed by atoms with E-state index in [1.165, 1.54) is 154 Å². The normalized spacial score (nSPS) is 14.1. The van der Waals surface area contributed by atoms with Gasteiger partial charge in [0, 0.05) is 13.0 Å². The molecule has 0 rings (SSSR count).